The van der Waals surface area contributed by atoms with E-state index < -0.39 is 0 Å². The topological polar surface area (TPSA) is 62.7 Å². The fourth-order valence-corrected chi connectivity index (χ4v) is 3.61. The summed E-state index contributed by atoms with van der Waals surface area (Å²) in [5.74, 6) is 0.286. The molecule has 0 unspecified atom stereocenters. The molecule has 23 heavy (non-hydrogen) atoms. The van der Waals surface area contributed by atoms with Crippen LogP contribution in [0.3, 0.4) is 0 Å². The van der Waals surface area contributed by atoms with Gasteiger partial charge >= 0.3 is 0 Å². The molecular weight excluding hydrogens is 302 g/mol. The number of thiophene rings is 1. The SMILES string of the molecule is Cc1ccc(C)c(-c2cc(-c3sccc3C)c(C#N)c(N)n2)c1. The number of anilines is 1. The molecule has 3 nitrogen and oxygen atoms in total. The van der Waals surface area contributed by atoms with Crippen molar-refractivity contribution in [2.24, 2.45) is 0 Å². The first-order chi connectivity index (χ1) is 11.0. The Morgan fingerprint density at radius 2 is 1.83 bits per heavy atom. The minimum atomic E-state index is 0.286. The molecule has 2 heterocycles. The molecule has 0 amide bonds. The number of benzene rings is 1. The van der Waals surface area contributed by atoms with Gasteiger partial charge in [-0.3, -0.25) is 0 Å². The number of nitrogens with two attached hydrogens (primary N) is 1. The highest BCUT2D eigenvalue weighted by Gasteiger charge is 2.16. The fourth-order valence-electron chi connectivity index (χ4n) is 2.66. The van der Waals surface area contributed by atoms with Gasteiger partial charge in [-0.05, 0) is 55.5 Å². The fraction of sp³-hybridized carbons (Fsp3) is 0.158. The lowest BCUT2D eigenvalue weighted by Crippen LogP contribution is -2.00. The summed E-state index contributed by atoms with van der Waals surface area (Å²) in [6.07, 6.45) is 0. The van der Waals surface area contributed by atoms with Crippen molar-refractivity contribution in [1.82, 2.24) is 4.98 Å². The van der Waals surface area contributed by atoms with E-state index in [0.29, 0.717) is 5.56 Å². The van der Waals surface area contributed by atoms with Crippen LogP contribution in [0.25, 0.3) is 21.7 Å². The summed E-state index contributed by atoms with van der Waals surface area (Å²) in [6, 6.07) is 12.5. The van der Waals surface area contributed by atoms with E-state index in [1.807, 2.05) is 18.4 Å². The lowest BCUT2D eigenvalue weighted by molar-refractivity contribution is 1.28. The average Bonchev–Trinajstić information content (AvgIpc) is 2.95. The van der Waals surface area contributed by atoms with Crippen molar-refractivity contribution in [1.29, 1.82) is 5.26 Å². The number of nitrogens with zero attached hydrogens (tertiary/aromatic N) is 2. The van der Waals surface area contributed by atoms with E-state index in [-0.39, 0.29) is 5.82 Å². The lowest BCUT2D eigenvalue weighted by atomic mass is 9.98. The zero-order chi connectivity index (χ0) is 16.6. The Hall–Kier alpha value is -2.64. The molecule has 0 radical (unpaired) electrons. The summed E-state index contributed by atoms with van der Waals surface area (Å²) in [7, 11) is 0. The summed E-state index contributed by atoms with van der Waals surface area (Å²) < 4.78 is 0. The number of nitrogen functional groups attached to an aromatic ring is 1. The van der Waals surface area contributed by atoms with E-state index in [2.05, 4.69) is 49.2 Å². The summed E-state index contributed by atoms with van der Waals surface area (Å²) in [6.45, 7) is 6.16. The maximum Gasteiger partial charge on any atom is 0.142 e. The summed E-state index contributed by atoms with van der Waals surface area (Å²) >= 11 is 1.62. The molecule has 2 N–H and O–H groups in total. The van der Waals surface area contributed by atoms with Crippen LogP contribution in [0.15, 0.2) is 35.7 Å². The Balaban J connectivity index is 2.30. The monoisotopic (exact) mass is 319 g/mol. The maximum atomic E-state index is 9.48. The number of nitriles is 1. The number of hydrogen-bond donors (Lipinski definition) is 1. The minimum absolute atomic E-state index is 0.286. The van der Waals surface area contributed by atoms with Crippen molar-refractivity contribution >= 4 is 17.2 Å². The van der Waals surface area contributed by atoms with E-state index in [0.717, 1.165) is 32.8 Å². The van der Waals surface area contributed by atoms with Gasteiger partial charge in [-0.2, -0.15) is 5.26 Å². The highest BCUT2D eigenvalue weighted by Crippen LogP contribution is 2.36. The number of pyridine rings is 1. The van der Waals surface area contributed by atoms with Crippen LogP contribution in [-0.2, 0) is 0 Å². The molecule has 3 aromatic rings. The van der Waals surface area contributed by atoms with Crippen molar-refractivity contribution in [3.05, 3.63) is 58.0 Å². The van der Waals surface area contributed by atoms with Gasteiger partial charge in [0.25, 0.3) is 0 Å². The van der Waals surface area contributed by atoms with Gasteiger partial charge in [0.05, 0.1) is 5.69 Å². The van der Waals surface area contributed by atoms with Gasteiger partial charge in [0.2, 0.25) is 0 Å². The minimum Gasteiger partial charge on any atom is -0.383 e. The predicted molar refractivity (Wildman–Crippen MR) is 96.3 cm³/mol. The number of aryl methyl sites for hydroxylation is 3. The zero-order valence-corrected chi connectivity index (χ0v) is 14.2. The van der Waals surface area contributed by atoms with Crippen LogP contribution in [-0.4, -0.2) is 4.98 Å². The molecule has 0 saturated carbocycles. The molecule has 3 rings (SSSR count). The van der Waals surface area contributed by atoms with E-state index >= 15 is 0 Å². The Morgan fingerprint density at radius 3 is 2.48 bits per heavy atom. The maximum absolute atomic E-state index is 9.48. The van der Waals surface area contributed by atoms with Gasteiger partial charge in [0.1, 0.15) is 17.5 Å². The van der Waals surface area contributed by atoms with E-state index in [9.17, 15) is 5.26 Å². The van der Waals surface area contributed by atoms with Crippen molar-refractivity contribution in [3.63, 3.8) is 0 Å². The van der Waals surface area contributed by atoms with Gasteiger partial charge in [0, 0.05) is 16.0 Å². The second-order valence-corrected chi connectivity index (χ2v) is 6.59. The Bertz CT molecular complexity index is 932. The van der Waals surface area contributed by atoms with Crippen LogP contribution in [0, 0.1) is 32.1 Å². The molecule has 114 valence electrons. The van der Waals surface area contributed by atoms with Crippen LogP contribution in [0.5, 0.6) is 0 Å². The second-order valence-electron chi connectivity index (χ2n) is 5.68. The molecule has 1 aromatic carbocycles. The van der Waals surface area contributed by atoms with Gasteiger partial charge in [-0.15, -0.1) is 11.3 Å². The highest BCUT2D eigenvalue weighted by atomic mass is 32.1. The molecular formula is C19H17N3S. The van der Waals surface area contributed by atoms with E-state index in [4.69, 9.17) is 5.73 Å². The first kappa shape index (κ1) is 15.3. The third-order valence-electron chi connectivity index (χ3n) is 3.93. The summed E-state index contributed by atoms with van der Waals surface area (Å²) in [5, 5.41) is 11.5. The zero-order valence-electron chi connectivity index (χ0n) is 13.3. The largest absolute Gasteiger partial charge is 0.383 e. The quantitative estimate of drug-likeness (QED) is 0.734. The lowest BCUT2D eigenvalue weighted by Gasteiger charge is -2.12. The molecule has 0 saturated heterocycles. The number of aromatic nitrogens is 1. The summed E-state index contributed by atoms with van der Waals surface area (Å²) in [4.78, 5) is 5.55. The normalized spacial score (nSPS) is 10.5. The molecule has 0 aliphatic heterocycles. The molecule has 0 spiro atoms. The smallest absolute Gasteiger partial charge is 0.142 e. The number of rotatable bonds is 2. The standard InChI is InChI=1S/C19H17N3S/c1-11-4-5-12(2)14(8-11)17-9-15(16(10-20)19(21)22-17)18-13(3)6-7-23-18/h4-9H,1-3H3,(H2,21,22). The molecule has 0 atom stereocenters. The van der Waals surface area contributed by atoms with Crippen molar-refractivity contribution in [2.75, 3.05) is 5.73 Å². The highest BCUT2D eigenvalue weighted by molar-refractivity contribution is 7.13. The van der Waals surface area contributed by atoms with Gasteiger partial charge in [-0.25, -0.2) is 4.98 Å². The van der Waals surface area contributed by atoms with Crippen LogP contribution in [0.1, 0.15) is 22.3 Å². The molecule has 2 aromatic heterocycles. The van der Waals surface area contributed by atoms with Gasteiger partial charge < -0.3 is 5.73 Å². The Labute approximate surface area is 140 Å². The van der Waals surface area contributed by atoms with Crippen LogP contribution in [0.2, 0.25) is 0 Å². The average molecular weight is 319 g/mol. The van der Waals surface area contributed by atoms with Gasteiger partial charge in [0.15, 0.2) is 0 Å². The second kappa shape index (κ2) is 5.86. The van der Waals surface area contributed by atoms with Crippen molar-refractivity contribution in [3.8, 4) is 27.8 Å². The van der Waals surface area contributed by atoms with E-state index in [1.165, 1.54) is 5.56 Å². The van der Waals surface area contributed by atoms with Crippen LogP contribution < -0.4 is 5.73 Å². The third kappa shape index (κ3) is 2.71. The van der Waals surface area contributed by atoms with Gasteiger partial charge in [-0.1, -0.05) is 17.7 Å². The first-order valence-electron chi connectivity index (χ1n) is 7.34. The molecule has 0 bridgehead atoms. The Morgan fingerprint density at radius 1 is 1.04 bits per heavy atom. The number of hydrogen-bond acceptors (Lipinski definition) is 4. The molecule has 0 aliphatic carbocycles. The molecule has 4 heteroatoms. The van der Waals surface area contributed by atoms with Crippen molar-refractivity contribution < 1.29 is 0 Å². The molecule has 0 fully saturated rings. The molecule has 0 aliphatic rings. The predicted octanol–water partition coefficient (Wildman–Crippen LogP) is 4.86. The first-order valence-corrected chi connectivity index (χ1v) is 8.22. The van der Waals surface area contributed by atoms with Crippen LogP contribution >= 0.6 is 11.3 Å². The van der Waals surface area contributed by atoms with Crippen molar-refractivity contribution in [2.45, 2.75) is 20.8 Å². The van der Waals surface area contributed by atoms with Crippen LogP contribution in [0.4, 0.5) is 5.82 Å². The third-order valence-corrected chi connectivity index (χ3v) is 4.98. The summed E-state index contributed by atoms with van der Waals surface area (Å²) in [5.41, 5.74) is 12.7. The van der Waals surface area contributed by atoms with E-state index in [1.54, 1.807) is 11.3 Å². The Kier molecular flexibility index (Phi) is 3.89.